The van der Waals surface area contributed by atoms with Crippen molar-refractivity contribution in [3.8, 4) is 39.4 Å². The van der Waals surface area contributed by atoms with Crippen LogP contribution in [0, 0.1) is 11.3 Å². The molecular formula is C37H24N2. The molecule has 0 bridgehead atoms. The third kappa shape index (κ3) is 3.60. The lowest BCUT2D eigenvalue weighted by molar-refractivity contribution is 0.769. The fraction of sp³-hybridized carbons (Fsp3) is 0.0270. The summed E-state index contributed by atoms with van der Waals surface area (Å²) in [5, 5.41) is 9.35. The van der Waals surface area contributed by atoms with Crippen molar-refractivity contribution >= 4 is 0 Å². The number of nitrogens with zero attached hydrogens (tertiary/aromatic N) is 2. The minimum absolute atomic E-state index is 0.423. The van der Waals surface area contributed by atoms with Gasteiger partial charge in [0.2, 0.25) is 0 Å². The minimum Gasteiger partial charge on any atom is -0.263 e. The van der Waals surface area contributed by atoms with E-state index < -0.39 is 5.41 Å². The molecule has 1 aliphatic rings. The normalized spacial score (nSPS) is 12.8. The number of rotatable bonds is 4. The highest BCUT2D eigenvalue weighted by Gasteiger charge is 2.45. The number of benzene rings is 5. The molecule has 5 aromatic carbocycles. The van der Waals surface area contributed by atoms with Crippen LogP contribution in [0.15, 0.2) is 146 Å². The second-order valence-electron chi connectivity index (χ2n) is 9.94. The number of hydrogen-bond acceptors (Lipinski definition) is 2. The molecule has 39 heavy (non-hydrogen) atoms. The maximum absolute atomic E-state index is 9.35. The third-order valence-corrected chi connectivity index (χ3v) is 7.86. The van der Waals surface area contributed by atoms with Crippen molar-refractivity contribution in [3.05, 3.63) is 174 Å². The highest BCUT2D eigenvalue weighted by Crippen LogP contribution is 2.56. The summed E-state index contributed by atoms with van der Waals surface area (Å²) in [5.74, 6) is 0. The van der Waals surface area contributed by atoms with Gasteiger partial charge in [-0.25, -0.2) is 0 Å². The fourth-order valence-corrected chi connectivity index (χ4v) is 6.16. The Hall–Kier alpha value is -5.26. The number of pyridine rings is 1. The van der Waals surface area contributed by atoms with Crippen LogP contribution in [0.5, 0.6) is 0 Å². The molecular weight excluding hydrogens is 472 g/mol. The summed E-state index contributed by atoms with van der Waals surface area (Å²) >= 11 is 0. The summed E-state index contributed by atoms with van der Waals surface area (Å²) in [4.78, 5) is 4.27. The SMILES string of the molecule is N#Cc1cncc(-c2cccc(-c3ccc4c(c3)C(c3ccccc3)(c3ccccc3)c3ccccc3-4)c2)c1. The van der Waals surface area contributed by atoms with E-state index in [2.05, 4.69) is 138 Å². The topological polar surface area (TPSA) is 36.7 Å². The molecule has 0 fully saturated rings. The number of nitriles is 1. The smallest absolute Gasteiger partial charge is 0.101 e. The molecule has 1 aliphatic carbocycles. The Labute approximate surface area is 228 Å². The van der Waals surface area contributed by atoms with Crippen molar-refractivity contribution in [2.45, 2.75) is 5.41 Å². The summed E-state index contributed by atoms with van der Waals surface area (Å²) in [6, 6.07) is 50.0. The molecule has 0 saturated heterocycles. The van der Waals surface area contributed by atoms with Gasteiger partial charge in [0.25, 0.3) is 0 Å². The summed E-state index contributed by atoms with van der Waals surface area (Å²) in [7, 11) is 0. The van der Waals surface area contributed by atoms with Crippen molar-refractivity contribution in [2.24, 2.45) is 0 Å². The van der Waals surface area contributed by atoms with Gasteiger partial charge in [-0.1, -0.05) is 115 Å². The number of aromatic nitrogens is 1. The van der Waals surface area contributed by atoms with Crippen LogP contribution < -0.4 is 0 Å². The highest BCUT2D eigenvalue weighted by atomic mass is 14.6. The maximum atomic E-state index is 9.35. The standard InChI is InChI=1S/C37H24N2/c38-23-26-20-30(25-39-24-26)28-11-9-10-27(21-28)29-18-19-34-33-16-7-8-17-35(33)37(36(34)22-29,31-12-3-1-4-13-31)32-14-5-2-6-15-32/h1-22,24-25H. The third-order valence-electron chi connectivity index (χ3n) is 7.86. The fourth-order valence-electron chi connectivity index (χ4n) is 6.16. The van der Waals surface area contributed by atoms with Crippen LogP contribution in [0.1, 0.15) is 27.8 Å². The van der Waals surface area contributed by atoms with E-state index in [0.717, 1.165) is 22.3 Å². The maximum Gasteiger partial charge on any atom is 0.101 e. The molecule has 1 heterocycles. The van der Waals surface area contributed by atoms with E-state index in [1.165, 1.54) is 33.4 Å². The van der Waals surface area contributed by atoms with E-state index >= 15 is 0 Å². The van der Waals surface area contributed by atoms with E-state index in [-0.39, 0.29) is 0 Å². The van der Waals surface area contributed by atoms with Crippen molar-refractivity contribution in [1.29, 1.82) is 5.26 Å². The first-order chi connectivity index (χ1) is 19.3. The first-order valence-electron chi connectivity index (χ1n) is 13.1. The monoisotopic (exact) mass is 496 g/mol. The van der Waals surface area contributed by atoms with E-state index in [1.54, 1.807) is 6.20 Å². The van der Waals surface area contributed by atoms with Gasteiger partial charge in [-0.15, -0.1) is 0 Å². The quantitative estimate of drug-likeness (QED) is 0.244. The van der Waals surface area contributed by atoms with Crippen molar-refractivity contribution < 1.29 is 0 Å². The van der Waals surface area contributed by atoms with Crippen LogP contribution in [0.4, 0.5) is 0 Å². The van der Waals surface area contributed by atoms with Crippen LogP contribution in [-0.4, -0.2) is 4.98 Å². The Morgan fingerprint density at radius 1 is 0.487 bits per heavy atom. The average molecular weight is 497 g/mol. The predicted molar refractivity (Wildman–Crippen MR) is 157 cm³/mol. The summed E-state index contributed by atoms with van der Waals surface area (Å²) in [6.07, 6.45) is 3.41. The van der Waals surface area contributed by atoms with Crippen molar-refractivity contribution in [1.82, 2.24) is 4.98 Å². The molecule has 0 aliphatic heterocycles. The molecule has 0 N–H and O–H groups in total. The lowest BCUT2D eigenvalue weighted by atomic mass is 9.67. The van der Waals surface area contributed by atoms with Gasteiger partial charge in [0, 0.05) is 18.0 Å². The molecule has 0 unspecified atom stereocenters. The first kappa shape index (κ1) is 22.9. The molecule has 0 radical (unpaired) electrons. The molecule has 0 atom stereocenters. The van der Waals surface area contributed by atoms with Crippen molar-refractivity contribution in [2.75, 3.05) is 0 Å². The van der Waals surface area contributed by atoms with Gasteiger partial charge in [0.15, 0.2) is 0 Å². The van der Waals surface area contributed by atoms with Gasteiger partial charge in [0.05, 0.1) is 11.0 Å². The molecule has 2 nitrogen and oxygen atoms in total. The van der Waals surface area contributed by atoms with Gasteiger partial charge >= 0.3 is 0 Å². The van der Waals surface area contributed by atoms with Crippen molar-refractivity contribution in [3.63, 3.8) is 0 Å². The Bertz CT molecular complexity index is 1820. The Morgan fingerprint density at radius 3 is 1.82 bits per heavy atom. The molecule has 2 heteroatoms. The van der Waals surface area contributed by atoms with Crippen LogP contribution in [-0.2, 0) is 5.41 Å². The second kappa shape index (κ2) is 9.24. The minimum atomic E-state index is -0.423. The van der Waals surface area contributed by atoms with Crippen LogP contribution in [0.25, 0.3) is 33.4 Å². The molecule has 0 amide bonds. The van der Waals surface area contributed by atoms with Gasteiger partial charge in [-0.3, -0.25) is 4.98 Å². The Balaban J connectivity index is 1.47. The van der Waals surface area contributed by atoms with E-state index in [0.29, 0.717) is 5.56 Å². The largest absolute Gasteiger partial charge is 0.263 e. The first-order valence-corrected chi connectivity index (χ1v) is 13.1. The molecule has 7 rings (SSSR count). The van der Waals surface area contributed by atoms with Gasteiger partial charge in [0.1, 0.15) is 6.07 Å². The lowest BCUT2D eigenvalue weighted by Crippen LogP contribution is -2.28. The molecule has 0 spiro atoms. The molecule has 6 aromatic rings. The Morgan fingerprint density at radius 2 is 1.10 bits per heavy atom. The average Bonchev–Trinajstić information content (AvgIpc) is 3.32. The summed E-state index contributed by atoms with van der Waals surface area (Å²) in [5.41, 5.74) is 12.1. The zero-order valence-corrected chi connectivity index (χ0v) is 21.3. The zero-order valence-electron chi connectivity index (χ0n) is 21.3. The number of fused-ring (bicyclic) bond motifs is 3. The molecule has 0 saturated carbocycles. The van der Waals surface area contributed by atoms with Crippen LogP contribution >= 0.6 is 0 Å². The molecule has 1 aromatic heterocycles. The lowest BCUT2D eigenvalue weighted by Gasteiger charge is -2.34. The van der Waals surface area contributed by atoms with Crippen LogP contribution in [0.3, 0.4) is 0 Å². The summed E-state index contributed by atoms with van der Waals surface area (Å²) < 4.78 is 0. The summed E-state index contributed by atoms with van der Waals surface area (Å²) in [6.45, 7) is 0. The van der Waals surface area contributed by atoms with Gasteiger partial charge in [-0.05, 0) is 68.3 Å². The van der Waals surface area contributed by atoms with E-state index in [9.17, 15) is 5.26 Å². The second-order valence-corrected chi connectivity index (χ2v) is 9.94. The number of hydrogen-bond donors (Lipinski definition) is 0. The highest BCUT2D eigenvalue weighted by molar-refractivity contribution is 5.88. The van der Waals surface area contributed by atoms with Gasteiger partial charge in [-0.2, -0.15) is 5.26 Å². The molecule has 182 valence electrons. The zero-order chi connectivity index (χ0) is 26.2. The van der Waals surface area contributed by atoms with Crippen LogP contribution in [0.2, 0.25) is 0 Å². The van der Waals surface area contributed by atoms with E-state index in [4.69, 9.17) is 0 Å². The Kier molecular flexibility index (Phi) is 5.43. The van der Waals surface area contributed by atoms with E-state index in [1.807, 2.05) is 12.3 Å². The predicted octanol–water partition coefficient (Wildman–Crippen LogP) is 8.65. The van der Waals surface area contributed by atoms with Gasteiger partial charge < -0.3 is 0 Å².